The molecule has 5 rings (SSSR count). The minimum atomic E-state index is -0.754. The van der Waals surface area contributed by atoms with Crippen LogP contribution in [0.2, 0.25) is 10.0 Å². The lowest BCUT2D eigenvalue weighted by molar-refractivity contribution is -0.384. The number of nitro benzene ring substituents is 1. The number of nitro groups is 1. The first kappa shape index (κ1) is 19.9. The fraction of sp³-hybridized carbons (Fsp3) is 0.238. The lowest BCUT2D eigenvalue weighted by atomic mass is 10.1. The molecule has 2 unspecified atom stereocenters. The predicted molar refractivity (Wildman–Crippen MR) is 116 cm³/mol. The van der Waals surface area contributed by atoms with Gasteiger partial charge in [0.2, 0.25) is 5.82 Å². The van der Waals surface area contributed by atoms with Gasteiger partial charge in [-0.05, 0) is 43.0 Å². The minimum absolute atomic E-state index is 0.0284. The van der Waals surface area contributed by atoms with Crippen molar-refractivity contribution in [3.05, 3.63) is 62.1 Å². The Morgan fingerprint density at radius 2 is 2.13 bits per heavy atom. The summed E-state index contributed by atoms with van der Waals surface area (Å²) in [6, 6.07) is 7.07. The average molecular weight is 458 g/mol. The summed E-state index contributed by atoms with van der Waals surface area (Å²) in [5, 5.41) is 17.6. The Hall–Kier alpha value is -2.99. The van der Waals surface area contributed by atoms with Gasteiger partial charge in [0.1, 0.15) is 5.82 Å². The molecule has 1 saturated carbocycles. The molecule has 156 valence electrons. The number of nitrogens with one attached hydrogen (secondary N) is 2. The zero-order valence-electron chi connectivity index (χ0n) is 15.9. The number of anilines is 2. The maximum Gasteiger partial charge on any atom is 0.270 e. The highest BCUT2D eigenvalue weighted by molar-refractivity contribution is 6.42. The van der Waals surface area contributed by atoms with Crippen molar-refractivity contribution < 1.29 is 9.31 Å². The highest BCUT2D eigenvalue weighted by atomic mass is 35.5. The number of fused-ring (bicyclic) bond motifs is 2. The highest BCUT2D eigenvalue weighted by Gasteiger charge is 2.56. The van der Waals surface area contributed by atoms with Crippen LogP contribution in [-0.2, 0) is 0 Å². The largest absolute Gasteiger partial charge is 0.337 e. The van der Waals surface area contributed by atoms with E-state index in [1.54, 1.807) is 0 Å². The van der Waals surface area contributed by atoms with Crippen molar-refractivity contribution in [1.82, 2.24) is 15.3 Å². The quantitative estimate of drug-likeness (QED) is 0.256. The Morgan fingerprint density at radius 1 is 1.29 bits per heavy atom. The average Bonchev–Trinajstić information content (AvgIpc) is 3.31. The van der Waals surface area contributed by atoms with Crippen molar-refractivity contribution >= 4 is 51.3 Å². The molecular formula is C21H14Cl2FN5O2. The van der Waals surface area contributed by atoms with Crippen LogP contribution < -0.4 is 10.6 Å². The summed E-state index contributed by atoms with van der Waals surface area (Å²) in [4.78, 5) is 19.6. The van der Waals surface area contributed by atoms with E-state index in [9.17, 15) is 14.5 Å². The van der Waals surface area contributed by atoms with Gasteiger partial charge in [-0.3, -0.25) is 10.1 Å². The summed E-state index contributed by atoms with van der Waals surface area (Å²) in [7, 11) is 0. The van der Waals surface area contributed by atoms with Crippen molar-refractivity contribution in [1.29, 1.82) is 0 Å². The zero-order chi connectivity index (χ0) is 21.8. The van der Waals surface area contributed by atoms with Gasteiger partial charge >= 0.3 is 0 Å². The molecule has 2 fully saturated rings. The molecule has 2 heterocycles. The molecule has 7 nitrogen and oxygen atoms in total. The summed E-state index contributed by atoms with van der Waals surface area (Å²) >= 11 is 11.8. The predicted octanol–water partition coefficient (Wildman–Crippen LogP) is 4.69. The van der Waals surface area contributed by atoms with E-state index >= 15 is 0 Å². The second kappa shape index (κ2) is 7.31. The van der Waals surface area contributed by atoms with Crippen molar-refractivity contribution in [3.63, 3.8) is 0 Å². The number of non-ortho nitro benzene ring substituents is 1. The number of aromatic nitrogens is 2. The Balaban J connectivity index is 1.61. The third-order valence-corrected chi connectivity index (χ3v) is 6.45. The Bertz CT molecular complexity index is 1320. The maximum atomic E-state index is 14.6. The molecule has 0 radical (unpaired) electrons. The molecule has 31 heavy (non-hydrogen) atoms. The van der Waals surface area contributed by atoms with Crippen LogP contribution in [0.15, 0.2) is 30.3 Å². The Morgan fingerprint density at radius 3 is 2.84 bits per heavy atom. The molecular weight excluding hydrogens is 444 g/mol. The van der Waals surface area contributed by atoms with Crippen LogP contribution in [0.3, 0.4) is 0 Å². The zero-order valence-corrected chi connectivity index (χ0v) is 17.4. The second-order valence-electron chi connectivity index (χ2n) is 7.64. The molecule has 1 aliphatic carbocycles. The van der Waals surface area contributed by atoms with Crippen LogP contribution in [0.1, 0.15) is 12.2 Å². The number of nitrogens with zero attached hydrogens (tertiary/aromatic N) is 3. The van der Waals surface area contributed by atoms with Crippen LogP contribution >= 0.6 is 23.2 Å². The second-order valence-corrected chi connectivity index (χ2v) is 8.43. The molecule has 2 N–H and O–H groups in total. The molecule has 1 aromatic heterocycles. The molecule has 0 amide bonds. The third-order valence-electron chi connectivity index (χ3n) is 5.66. The summed E-state index contributed by atoms with van der Waals surface area (Å²) in [6.45, 7) is 1.80. The molecule has 1 saturated heterocycles. The lowest BCUT2D eigenvalue weighted by Crippen LogP contribution is -2.14. The van der Waals surface area contributed by atoms with Gasteiger partial charge in [0.15, 0.2) is 5.82 Å². The SMILES string of the molecule is O=[N+]([O-])c1ccc2nc(C#CC34CNCC3C4)nc(Nc3ccc(Cl)c(Cl)c3F)c2c1. The first-order chi connectivity index (χ1) is 14.9. The number of rotatable bonds is 3. The highest BCUT2D eigenvalue weighted by Crippen LogP contribution is 2.54. The van der Waals surface area contributed by atoms with Crippen LogP contribution in [0.5, 0.6) is 0 Å². The molecule has 2 aliphatic rings. The van der Waals surface area contributed by atoms with Crippen molar-refractivity contribution in [2.24, 2.45) is 11.3 Å². The number of piperidine rings is 1. The monoisotopic (exact) mass is 457 g/mol. The summed E-state index contributed by atoms with van der Waals surface area (Å²) < 4.78 is 14.6. The van der Waals surface area contributed by atoms with E-state index in [0.29, 0.717) is 16.8 Å². The third kappa shape index (κ3) is 3.55. The van der Waals surface area contributed by atoms with Crippen LogP contribution in [0, 0.1) is 39.1 Å². The van der Waals surface area contributed by atoms with Gasteiger partial charge in [-0.1, -0.05) is 29.1 Å². The molecule has 10 heteroatoms. The molecule has 0 spiro atoms. The number of hydrogen-bond acceptors (Lipinski definition) is 6. The van der Waals surface area contributed by atoms with Crippen molar-refractivity contribution in [2.75, 3.05) is 18.4 Å². The van der Waals surface area contributed by atoms with E-state index in [1.807, 2.05) is 0 Å². The van der Waals surface area contributed by atoms with E-state index in [1.165, 1.54) is 30.3 Å². The van der Waals surface area contributed by atoms with Crippen LogP contribution in [-0.4, -0.2) is 28.0 Å². The summed E-state index contributed by atoms with van der Waals surface area (Å²) in [5.41, 5.74) is 0.309. The van der Waals surface area contributed by atoms with E-state index < -0.39 is 10.7 Å². The number of hydrogen-bond donors (Lipinski definition) is 2. The van der Waals surface area contributed by atoms with Crippen molar-refractivity contribution in [3.8, 4) is 11.8 Å². The number of halogens is 3. The van der Waals surface area contributed by atoms with Gasteiger partial charge in [-0.2, -0.15) is 0 Å². The van der Waals surface area contributed by atoms with Crippen LogP contribution in [0.25, 0.3) is 10.9 Å². The normalized spacial score (nSPS) is 21.3. The topological polar surface area (TPSA) is 93.0 Å². The van der Waals surface area contributed by atoms with E-state index in [-0.39, 0.29) is 38.5 Å². The van der Waals surface area contributed by atoms with Crippen molar-refractivity contribution in [2.45, 2.75) is 6.42 Å². The maximum absolute atomic E-state index is 14.6. The first-order valence-electron chi connectivity index (χ1n) is 9.47. The summed E-state index contributed by atoms with van der Waals surface area (Å²) in [6.07, 6.45) is 1.05. The summed E-state index contributed by atoms with van der Waals surface area (Å²) in [5.74, 6) is 6.53. The molecule has 2 atom stereocenters. The fourth-order valence-corrected chi connectivity index (χ4v) is 4.15. The lowest BCUT2D eigenvalue weighted by Gasteiger charge is -2.11. The van der Waals surface area contributed by atoms with Gasteiger partial charge < -0.3 is 10.6 Å². The first-order valence-corrected chi connectivity index (χ1v) is 10.2. The van der Waals surface area contributed by atoms with Gasteiger partial charge in [0, 0.05) is 29.5 Å². The Labute approximate surface area is 186 Å². The number of benzene rings is 2. The Kier molecular flexibility index (Phi) is 4.70. The van der Waals surface area contributed by atoms with E-state index in [2.05, 4.69) is 32.4 Å². The van der Waals surface area contributed by atoms with E-state index in [4.69, 9.17) is 23.2 Å². The standard InChI is InChI=1S/C21H14Cl2FN5O2/c22-14-2-4-16(19(24)18(14)23)27-20-13-7-12(29(30)31)1-3-15(13)26-17(28-20)5-6-21-8-11(21)9-25-10-21/h1-4,7,11,25H,8-10H2,(H,26,27,28). The van der Waals surface area contributed by atoms with Gasteiger partial charge in [-0.25, -0.2) is 14.4 Å². The van der Waals surface area contributed by atoms with Gasteiger partial charge in [-0.15, -0.1) is 0 Å². The van der Waals surface area contributed by atoms with Gasteiger partial charge in [0.05, 0.1) is 26.2 Å². The van der Waals surface area contributed by atoms with Crippen LogP contribution in [0.4, 0.5) is 21.6 Å². The molecule has 2 aromatic carbocycles. The molecule has 0 bridgehead atoms. The minimum Gasteiger partial charge on any atom is -0.337 e. The van der Waals surface area contributed by atoms with Gasteiger partial charge in [0.25, 0.3) is 5.69 Å². The fourth-order valence-electron chi connectivity index (χ4n) is 3.84. The molecule has 3 aromatic rings. The smallest absolute Gasteiger partial charge is 0.270 e. The molecule has 1 aliphatic heterocycles. The van der Waals surface area contributed by atoms with E-state index in [0.717, 1.165) is 19.5 Å².